The highest BCUT2D eigenvalue weighted by molar-refractivity contribution is 5.84. The van der Waals surface area contributed by atoms with Gasteiger partial charge in [0, 0.05) is 13.1 Å². The zero-order valence-corrected chi connectivity index (χ0v) is 8.92. The van der Waals surface area contributed by atoms with Gasteiger partial charge in [0.05, 0.1) is 0 Å². The third-order valence-corrected chi connectivity index (χ3v) is 2.67. The van der Waals surface area contributed by atoms with E-state index in [1.165, 1.54) is 5.56 Å². The van der Waals surface area contributed by atoms with Gasteiger partial charge in [0.2, 0.25) is 5.91 Å². The summed E-state index contributed by atoms with van der Waals surface area (Å²) in [5.41, 5.74) is 2.35. The van der Waals surface area contributed by atoms with Gasteiger partial charge in [-0.05, 0) is 17.5 Å². The van der Waals surface area contributed by atoms with Crippen LogP contribution in [0.3, 0.4) is 0 Å². The molecule has 0 spiro atoms. The molecule has 1 unspecified atom stereocenters. The Labute approximate surface area is 89.9 Å². The summed E-state index contributed by atoms with van der Waals surface area (Å²) in [6, 6.07) is 7.91. The van der Waals surface area contributed by atoms with E-state index in [-0.39, 0.29) is 11.9 Å². The zero-order valence-electron chi connectivity index (χ0n) is 8.92. The summed E-state index contributed by atoms with van der Waals surface area (Å²) < 4.78 is 0. The first kappa shape index (κ1) is 10.2. The third kappa shape index (κ3) is 2.02. The maximum atomic E-state index is 11.8. The molecule has 0 radical (unpaired) electrons. The molecule has 1 aliphatic rings. The summed E-state index contributed by atoms with van der Waals surface area (Å²) in [5.74, 6) is 0.0850. The molecule has 0 fully saturated rings. The average molecular weight is 204 g/mol. The first-order chi connectivity index (χ1) is 7.33. The molecule has 2 rings (SSSR count). The largest absolute Gasteiger partial charge is 0.354 e. The van der Waals surface area contributed by atoms with Gasteiger partial charge in [-0.3, -0.25) is 10.1 Å². The predicted molar refractivity (Wildman–Crippen MR) is 59.3 cm³/mol. The van der Waals surface area contributed by atoms with Crippen LogP contribution >= 0.6 is 0 Å². The van der Waals surface area contributed by atoms with E-state index in [4.69, 9.17) is 0 Å². The van der Waals surface area contributed by atoms with Crippen LogP contribution in [-0.2, 0) is 11.3 Å². The summed E-state index contributed by atoms with van der Waals surface area (Å²) in [6.07, 6.45) is 0.972. The van der Waals surface area contributed by atoms with Crippen LogP contribution in [0.25, 0.3) is 0 Å². The number of fused-ring (bicyclic) bond motifs is 1. The molecule has 1 amide bonds. The summed E-state index contributed by atoms with van der Waals surface area (Å²) in [5, 5.41) is 6.13. The second-order valence-corrected chi connectivity index (χ2v) is 3.80. The van der Waals surface area contributed by atoms with Crippen molar-refractivity contribution < 1.29 is 4.79 Å². The van der Waals surface area contributed by atoms with E-state index in [1.54, 1.807) is 0 Å². The number of hydrogen-bond acceptors (Lipinski definition) is 2. The molecule has 3 nitrogen and oxygen atoms in total. The average Bonchev–Trinajstić information content (AvgIpc) is 2.69. The van der Waals surface area contributed by atoms with E-state index in [0.717, 1.165) is 25.1 Å². The zero-order chi connectivity index (χ0) is 10.7. The first-order valence-electron chi connectivity index (χ1n) is 5.42. The molecule has 0 saturated heterocycles. The molecular weight excluding hydrogens is 188 g/mol. The molecule has 15 heavy (non-hydrogen) atoms. The lowest BCUT2D eigenvalue weighted by Gasteiger charge is -2.11. The van der Waals surface area contributed by atoms with E-state index in [9.17, 15) is 4.79 Å². The second-order valence-electron chi connectivity index (χ2n) is 3.80. The van der Waals surface area contributed by atoms with Crippen LogP contribution in [0, 0.1) is 0 Å². The molecule has 0 saturated carbocycles. The fraction of sp³-hybridized carbons (Fsp3) is 0.417. The van der Waals surface area contributed by atoms with Crippen LogP contribution in [-0.4, -0.2) is 12.5 Å². The third-order valence-electron chi connectivity index (χ3n) is 2.67. The summed E-state index contributed by atoms with van der Waals surface area (Å²) in [4.78, 5) is 11.8. The Balaban J connectivity index is 2.10. The Morgan fingerprint density at radius 3 is 3.13 bits per heavy atom. The number of hydrogen-bond donors (Lipinski definition) is 2. The van der Waals surface area contributed by atoms with E-state index in [0.29, 0.717) is 0 Å². The van der Waals surface area contributed by atoms with Gasteiger partial charge < -0.3 is 5.32 Å². The van der Waals surface area contributed by atoms with Crippen molar-refractivity contribution in [2.75, 3.05) is 6.54 Å². The van der Waals surface area contributed by atoms with Gasteiger partial charge >= 0.3 is 0 Å². The molecule has 0 bridgehead atoms. The maximum absolute atomic E-state index is 11.8. The van der Waals surface area contributed by atoms with E-state index >= 15 is 0 Å². The van der Waals surface area contributed by atoms with Crippen molar-refractivity contribution in [3.8, 4) is 0 Å². The maximum Gasteiger partial charge on any atom is 0.241 e. The number of rotatable bonds is 3. The molecule has 0 aliphatic carbocycles. The van der Waals surface area contributed by atoms with Gasteiger partial charge in [-0.25, -0.2) is 0 Å². The van der Waals surface area contributed by atoms with Crippen LogP contribution < -0.4 is 10.6 Å². The topological polar surface area (TPSA) is 41.1 Å². The van der Waals surface area contributed by atoms with Crippen molar-refractivity contribution in [1.29, 1.82) is 0 Å². The van der Waals surface area contributed by atoms with E-state index in [2.05, 4.69) is 23.6 Å². The van der Waals surface area contributed by atoms with Crippen LogP contribution in [0.15, 0.2) is 24.3 Å². The van der Waals surface area contributed by atoms with Gasteiger partial charge in [0.1, 0.15) is 6.04 Å². The minimum absolute atomic E-state index is 0.0850. The lowest BCUT2D eigenvalue weighted by molar-refractivity contribution is -0.123. The molecular formula is C12H16N2O. The Morgan fingerprint density at radius 1 is 1.53 bits per heavy atom. The highest BCUT2D eigenvalue weighted by atomic mass is 16.2. The highest BCUT2D eigenvalue weighted by Gasteiger charge is 2.26. The number of nitrogens with one attached hydrogen (secondary N) is 2. The predicted octanol–water partition coefficient (Wildman–Crippen LogP) is 1.36. The van der Waals surface area contributed by atoms with E-state index < -0.39 is 0 Å². The summed E-state index contributed by atoms with van der Waals surface area (Å²) >= 11 is 0. The Hall–Kier alpha value is -1.35. The van der Waals surface area contributed by atoms with Crippen molar-refractivity contribution in [2.45, 2.75) is 25.9 Å². The molecule has 1 atom stereocenters. The minimum Gasteiger partial charge on any atom is -0.354 e. The standard InChI is InChI=1S/C12H16N2O/c1-2-7-13-12(15)11-10-6-4-3-5-9(10)8-14-11/h3-6,11,14H,2,7-8H2,1H3,(H,13,15). The van der Waals surface area contributed by atoms with Crippen LogP contribution in [0.1, 0.15) is 30.5 Å². The van der Waals surface area contributed by atoms with Gasteiger partial charge in [0.15, 0.2) is 0 Å². The van der Waals surface area contributed by atoms with Gasteiger partial charge in [-0.15, -0.1) is 0 Å². The monoisotopic (exact) mass is 204 g/mol. The Kier molecular flexibility index (Phi) is 3.02. The SMILES string of the molecule is CCCNC(=O)C1NCc2ccccc21. The lowest BCUT2D eigenvalue weighted by atomic mass is 10.0. The van der Waals surface area contributed by atoms with Gasteiger partial charge in [-0.2, -0.15) is 0 Å². The minimum atomic E-state index is -0.159. The quantitative estimate of drug-likeness (QED) is 0.780. The smallest absolute Gasteiger partial charge is 0.241 e. The highest BCUT2D eigenvalue weighted by Crippen LogP contribution is 2.24. The Morgan fingerprint density at radius 2 is 2.33 bits per heavy atom. The number of carbonyl (C=O) groups excluding carboxylic acids is 1. The van der Waals surface area contributed by atoms with Crippen LogP contribution in [0.5, 0.6) is 0 Å². The van der Waals surface area contributed by atoms with Crippen molar-refractivity contribution in [1.82, 2.24) is 10.6 Å². The van der Waals surface area contributed by atoms with Crippen molar-refractivity contribution >= 4 is 5.91 Å². The molecule has 1 aliphatic heterocycles. The second kappa shape index (κ2) is 4.45. The fourth-order valence-electron chi connectivity index (χ4n) is 1.88. The number of carbonyl (C=O) groups is 1. The molecule has 0 aromatic heterocycles. The molecule has 1 aromatic carbocycles. The van der Waals surface area contributed by atoms with Crippen molar-refractivity contribution in [2.24, 2.45) is 0 Å². The molecule has 1 aromatic rings. The number of benzene rings is 1. The molecule has 3 heteroatoms. The molecule has 1 heterocycles. The number of amides is 1. The first-order valence-corrected chi connectivity index (χ1v) is 5.42. The van der Waals surface area contributed by atoms with E-state index in [1.807, 2.05) is 18.2 Å². The van der Waals surface area contributed by atoms with Crippen LogP contribution in [0.2, 0.25) is 0 Å². The molecule has 2 N–H and O–H groups in total. The summed E-state index contributed by atoms with van der Waals surface area (Å²) in [6.45, 7) is 3.59. The lowest BCUT2D eigenvalue weighted by Crippen LogP contribution is -2.34. The molecule has 80 valence electrons. The van der Waals surface area contributed by atoms with Crippen molar-refractivity contribution in [3.63, 3.8) is 0 Å². The van der Waals surface area contributed by atoms with Crippen molar-refractivity contribution in [3.05, 3.63) is 35.4 Å². The summed E-state index contributed by atoms with van der Waals surface area (Å²) in [7, 11) is 0. The van der Waals surface area contributed by atoms with Gasteiger partial charge in [0.25, 0.3) is 0 Å². The van der Waals surface area contributed by atoms with Gasteiger partial charge in [-0.1, -0.05) is 31.2 Å². The van der Waals surface area contributed by atoms with Crippen LogP contribution in [0.4, 0.5) is 0 Å². The Bertz CT molecular complexity index is 362. The fourth-order valence-corrected chi connectivity index (χ4v) is 1.88. The normalized spacial score (nSPS) is 18.6.